The summed E-state index contributed by atoms with van der Waals surface area (Å²) in [5.41, 5.74) is 1.97. The van der Waals surface area contributed by atoms with Gasteiger partial charge in [0.05, 0.1) is 12.6 Å². The van der Waals surface area contributed by atoms with Crippen LogP contribution in [0.3, 0.4) is 0 Å². The molecule has 1 unspecified atom stereocenters. The van der Waals surface area contributed by atoms with Crippen molar-refractivity contribution < 1.29 is 9.90 Å². The fourth-order valence-corrected chi connectivity index (χ4v) is 1.35. The highest BCUT2D eigenvalue weighted by molar-refractivity contribution is 5.92. The van der Waals surface area contributed by atoms with Crippen LogP contribution in [-0.4, -0.2) is 30.2 Å². The normalized spacial score (nSPS) is 12.2. The van der Waals surface area contributed by atoms with Gasteiger partial charge >= 0.3 is 0 Å². The van der Waals surface area contributed by atoms with E-state index >= 15 is 0 Å². The lowest BCUT2D eigenvalue weighted by Gasteiger charge is -2.07. The molecule has 0 aliphatic rings. The predicted octanol–water partition coefficient (Wildman–Crippen LogP) is 1.29. The summed E-state index contributed by atoms with van der Waals surface area (Å²) < 4.78 is 0. The van der Waals surface area contributed by atoms with Gasteiger partial charge < -0.3 is 15.7 Å². The number of rotatable bonds is 6. The number of benzene rings is 1. The van der Waals surface area contributed by atoms with Crippen LogP contribution < -0.4 is 10.6 Å². The second-order valence-electron chi connectivity index (χ2n) is 4.23. The summed E-state index contributed by atoms with van der Waals surface area (Å²) in [4.78, 5) is 11.5. The molecule has 0 aliphatic carbocycles. The highest BCUT2D eigenvalue weighted by atomic mass is 16.3. The fourth-order valence-electron chi connectivity index (χ4n) is 1.35. The Kier molecular flexibility index (Phi) is 5.66. The van der Waals surface area contributed by atoms with E-state index in [1.54, 1.807) is 6.92 Å². The van der Waals surface area contributed by atoms with Gasteiger partial charge in [-0.15, -0.1) is 0 Å². The Balaban J connectivity index is 2.23. The van der Waals surface area contributed by atoms with Gasteiger partial charge in [-0.2, -0.15) is 0 Å². The minimum absolute atomic E-state index is 0.0700. The first-order chi connectivity index (χ1) is 8.08. The number of aliphatic hydroxyl groups is 1. The molecule has 0 aromatic heterocycles. The predicted molar refractivity (Wildman–Crippen MR) is 69.0 cm³/mol. The highest BCUT2D eigenvalue weighted by Crippen LogP contribution is 2.07. The maximum absolute atomic E-state index is 11.5. The molecule has 1 rings (SSSR count). The molecule has 0 fully saturated rings. The van der Waals surface area contributed by atoms with Crippen LogP contribution in [-0.2, 0) is 4.79 Å². The first-order valence-corrected chi connectivity index (χ1v) is 5.83. The average Bonchev–Trinajstić information content (AvgIpc) is 2.27. The Hall–Kier alpha value is -1.39. The molecule has 1 aromatic rings. The Morgan fingerprint density at radius 1 is 1.35 bits per heavy atom. The van der Waals surface area contributed by atoms with Crippen molar-refractivity contribution in [3.8, 4) is 0 Å². The molecule has 1 amide bonds. The van der Waals surface area contributed by atoms with E-state index in [0.29, 0.717) is 13.0 Å². The van der Waals surface area contributed by atoms with Crippen LogP contribution in [0.1, 0.15) is 18.9 Å². The molecule has 0 saturated carbocycles. The monoisotopic (exact) mass is 236 g/mol. The molecule has 4 nitrogen and oxygen atoms in total. The summed E-state index contributed by atoms with van der Waals surface area (Å²) in [6.07, 6.45) is 0.320. The Morgan fingerprint density at radius 3 is 2.59 bits per heavy atom. The number of carbonyl (C=O) groups excluding carboxylic acids is 1. The number of aryl methyl sites for hydroxylation is 1. The van der Waals surface area contributed by atoms with Crippen LogP contribution in [0.4, 0.5) is 5.69 Å². The molecular weight excluding hydrogens is 216 g/mol. The first-order valence-electron chi connectivity index (χ1n) is 5.83. The summed E-state index contributed by atoms with van der Waals surface area (Å²) in [6.45, 7) is 4.64. The van der Waals surface area contributed by atoms with Gasteiger partial charge in [0.25, 0.3) is 0 Å². The zero-order valence-electron chi connectivity index (χ0n) is 10.4. The number of hydrogen-bond donors (Lipinski definition) is 3. The molecule has 1 atom stereocenters. The molecule has 0 heterocycles. The van der Waals surface area contributed by atoms with E-state index in [1.165, 1.54) is 0 Å². The number of hydrogen-bond acceptors (Lipinski definition) is 3. The van der Waals surface area contributed by atoms with E-state index in [0.717, 1.165) is 11.3 Å². The van der Waals surface area contributed by atoms with Gasteiger partial charge in [-0.05, 0) is 38.9 Å². The lowest BCUT2D eigenvalue weighted by Crippen LogP contribution is -2.29. The lowest BCUT2D eigenvalue weighted by atomic mass is 10.2. The van der Waals surface area contributed by atoms with E-state index < -0.39 is 0 Å². The third kappa shape index (κ3) is 6.04. The number of aliphatic hydroxyl groups excluding tert-OH is 1. The number of nitrogens with one attached hydrogen (secondary N) is 2. The molecule has 1 aromatic carbocycles. The maximum atomic E-state index is 11.5. The molecule has 0 saturated heterocycles. The quantitative estimate of drug-likeness (QED) is 0.652. The lowest BCUT2D eigenvalue weighted by molar-refractivity contribution is -0.115. The van der Waals surface area contributed by atoms with E-state index in [-0.39, 0.29) is 18.6 Å². The van der Waals surface area contributed by atoms with Gasteiger partial charge in [0.2, 0.25) is 5.91 Å². The third-order valence-electron chi connectivity index (χ3n) is 2.36. The Bertz CT molecular complexity index is 347. The third-order valence-corrected chi connectivity index (χ3v) is 2.36. The van der Waals surface area contributed by atoms with Crippen LogP contribution in [0.25, 0.3) is 0 Å². The summed E-state index contributed by atoms with van der Waals surface area (Å²) in [7, 11) is 0. The van der Waals surface area contributed by atoms with Gasteiger partial charge in [-0.25, -0.2) is 0 Å². The average molecular weight is 236 g/mol. The summed E-state index contributed by atoms with van der Waals surface area (Å²) in [5.74, 6) is -0.0700. The molecule has 3 N–H and O–H groups in total. The van der Waals surface area contributed by atoms with E-state index in [2.05, 4.69) is 10.6 Å². The van der Waals surface area contributed by atoms with Crippen molar-refractivity contribution in [3.05, 3.63) is 29.8 Å². The second kappa shape index (κ2) is 7.04. The molecule has 4 heteroatoms. The minimum Gasteiger partial charge on any atom is -0.393 e. The van der Waals surface area contributed by atoms with Crippen LogP contribution in [0.15, 0.2) is 24.3 Å². The van der Waals surface area contributed by atoms with E-state index in [4.69, 9.17) is 5.11 Å². The van der Waals surface area contributed by atoms with Crippen LogP contribution >= 0.6 is 0 Å². The number of amides is 1. The van der Waals surface area contributed by atoms with Crippen molar-refractivity contribution in [2.24, 2.45) is 0 Å². The molecule has 0 radical (unpaired) electrons. The van der Waals surface area contributed by atoms with Crippen molar-refractivity contribution in [2.45, 2.75) is 26.4 Å². The van der Waals surface area contributed by atoms with Crippen LogP contribution in [0.2, 0.25) is 0 Å². The molecule has 0 spiro atoms. The Labute approximate surface area is 102 Å². The summed E-state index contributed by atoms with van der Waals surface area (Å²) >= 11 is 0. The van der Waals surface area contributed by atoms with Gasteiger partial charge in [-0.1, -0.05) is 17.7 Å². The SMILES string of the molecule is Cc1ccc(NC(=O)CNCCC(C)O)cc1. The first kappa shape index (κ1) is 13.7. The van der Waals surface area contributed by atoms with Crippen molar-refractivity contribution in [2.75, 3.05) is 18.4 Å². The van der Waals surface area contributed by atoms with Gasteiger partial charge in [0, 0.05) is 5.69 Å². The molecule has 0 bridgehead atoms. The van der Waals surface area contributed by atoms with Gasteiger partial charge in [0.1, 0.15) is 0 Å². The van der Waals surface area contributed by atoms with Crippen LogP contribution in [0, 0.1) is 6.92 Å². The number of carbonyl (C=O) groups is 1. The zero-order valence-corrected chi connectivity index (χ0v) is 10.4. The fraction of sp³-hybridized carbons (Fsp3) is 0.462. The maximum Gasteiger partial charge on any atom is 0.238 e. The van der Waals surface area contributed by atoms with Crippen molar-refractivity contribution in [3.63, 3.8) is 0 Å². The zero-order chi connectivity index (χ0) is 12.7. The van der Waals surface area contributed by atoms with Crippen molar-refractivity contribution >= 4 is 11.6 Å². The van der Waals surface area contributed by atoms with E-state index in [1.807, 2.05) is 31.2 Å². The molecule has 94 valence electrons. The molecular formula is C13H20N2O2. The summed E-state index contributed by atoms with van der Waals surface area (Å²) in [5, 5.41) is 14.8. The largest absolute Gasteiger partial charge is 0.393 e. The number of anilines is 1. The second-order valence-corrected chi connectivity index (χ2v) is 4.23. The molecule has 0 aliphatic heterocycles. The van der Waals surface area contributed by atoms with Crippen molar-refractivity contribution in [1.82, 2.24) is 5.32 Å². The van der Waals surface area contributed by atoms with Crippen LogP contribution in [0.5, 0.6) is 0 Å². The van der Waals surface area contributed by atoms with E-state index in [9.17, 15) is 4.79 Å². The minimum atomic E-state index is -0.331. The summed E-state index contributed by atoms with van der Waals surface area (Å²) in [6, 6.07) is 7.67. The van der Waals surface area contributed by atoms with Gasteiger partial charge in [0.15, 0.2) is 0 Å². The topological polar surface area (TPSA) is 61.4 Å². The highest BCUT2D eigenvalue weighted by Gasteiger charge is 2.02. The standard InChI is InChI=1S/C13H20N2O2/c1-10-3-5-12(6-4-10)15-13(17)9-14-8-7-11(2)16/h3-6,11,14,16H,7-9H2,1-2H3,(H,15,17). The Morgan fingerprint density at radius 2 is 2.00 bits per heavy atom. The van der Waals surface area contributed by atoms with Gasteiger partial charge in [-0.3, -0.25) is 4.79 Å². The van der Waals surface area contributed by atoms with Crippen molar-refractivity contribution in [1.29, 1.82) is 0 Å². The smallest absolute Gasteiger partial charge is 0.238 e. The molecule has 17 heavy (non-hydrogen) atoms.